The van der Waals surface area contributed by atoms with Gasteiger partial charge in [-0.3, -0.25) is 4.79 Å². The van der Waals surface area contributed by atoms with Gasteiger partial charge in [0.1, 0.15) is 0 Å². The van der Waals surface area contributed by atoms with Gasteiger partial charge in [-0.25, -0.2) is 0 Å². The number of rotatable bonds is 3. The van der Waals surface area contributed by atoms with Gasteiger partial charge >= 0.3 is 0 Å². The summed E-state index contributed by atoms with van der Waals surface area (Å²) in [6.45, 7) is -0.0435. The number of benzene rings is 2. The number of aliphatic hydroxyl groups excluding tert-OH is 1. The van der Waals surface area contributed by atoms with Gasteiger partial charge in [-0.05, 0) is 58.5 Å². The van der Waals surface area contributed by atoms with Gasteiger partial charge < -0.3 is 10.4 Å². The Kier molecular flexibility index (Phi) is 4.95. The minimum Gasteiger partial charge on any atom is -0.392 e. The van der Waals surface area contributed by atoms with E-state index in [1.807, 2.05) is 12.1 Å². The zero-order chi connectivity index (χ0) is 13.8. The van der Waals surface area contributed by atoms with Crippen LogP contribution in [-0.2, 0) is 6.61 Å². The van der Waals surface area contributed by atoms with E-state index in [0.717, 1.165) is 13.6 Å². The van der Waals surface area contributed by atoms with Crippen molar-refractivity contribution in [3.8, 4) is 0 Å². The van der Waals surface area contributed by atoms with Crippen LogP contribution in [0.2, 0.25) is 0 Å². The lowest BCUT2D eigenvalue weighted by Crippen LogP contribution is -2.13. The first kappa shape index (κ1) is 14.5. The molecule has 19 heavy (non-hydrogen) atoms. The maximum atomic E-state index is 12.2. The molecule has 2 N–H and O–H groups in total. The van der Waals surface area contributed by atoms with Crippen molar-refractivity contribution < 1.29 is 9.90 Å². The van der Waals surface area contributed by atoms with Gasteiger partial charge in [-0.15, -0.1) is 0 Å². The second kappa shape index (κ2) is 6.49. The predicted molar refractivity (Wildman–Crippen MR) is 87.2 cm³/mol. The molecular formula is C14H11BrINO2. The highest BCUT2D eigenvalue weighted by Gasteiger charge is 2.10. The first-order valence-electron chi connectivity index (χ1n) is 5.56. The first-order valence-corrected chi connectivity index (χ1v) is 7.43. The maximum absolute atomic E-state index is 12.2. The van der Waals surface area contributed by atoms with Crippen LogP contribution in [0, 0.1) is 3.57 Å². The van der Waals surface area contributed by atoms with Crippen molar-refractivity contribution in [1.82, 2.24) is 0 Å². The Morgan fingerprint density at radius 2 is 2.05 bits per heavy atom. The molecule has 2 aromatic carbocycles. The molecule has 0 bridgehead atoms. The molecule has 0 fully saturated rings. The highest BCUT2D eigenvalue weighted by atomic mass is 127. The van der Waals surface area contributed by atoms with E-state index in [1.165, 1.54) is 0 Å². The van der Waals surface area contributed by atoms with Crippen LogP contribution in [0.5, 0.6) is 0 Å². The van der Waals surface area contributed by atoms with E-state index in [1.54, 1.807) is 30.3 Å². The number of aliphatic hydroxyl groups is 1. The molecule has 0 aliphatic rings. The van der Waals surface area contributed by atoms with Gasteiger partial charge in [-0.1, -0.05) is 28.1 Å². The Bertz CT molecular complexity index is 616. The maximum Gasteiger partial charge on any atom is 0.256 e. The number of halogens is 2. The molecule has 0 atom stereocenters. The van der Waals surface area contributed by atoms with Crippen LogP contribution in [-0.4, -0.2) is 11.0 Å². The molecule has 98 valence electrons. The van der Waals surface area contributed by atoms with E-state index in [2.05, 4.69) is 43.8 Å². The summed E-state index contributed by atoms with van der Waals surface area (Å²) >= 11 is 5.48. The molecule has 0 heterocycles. The third kappa shape index (κ3) is 3.77. The molecule has 0 aliphatic heterocycles. The summed E-state index contributed by atoms with van der Waals surface area (Å²) in [7, 11) is 0. The molecule has 0 aliphatic carbocycles. The van der Waals surface area contributed by atoms with Crippen LogP contribution >= 0.6 is 38.5 Å². The van der Waals surface area contributed by atoms with Crippen molar-refractivity contribution in [2.75, 3.05) is 5.32 Å². The van der Waals surface area contributed by atoms with Crippen molar-refractivity contribution in [2.45, 2.75) is 6.61 Å². The number of amides is 1. The second-order valence-electron chi connectivity index (χ2n) is 3.94. The molecule has 0 spiro atoms. The molecule has 2 rings (SSSR count). The zero-order valence-electron chi connectivity index (χ0n) is 9.86. The molecule has 0 saturated carbocycles. The Morgan fingerprint density at radius 1 is 1.26 bits per heavy atom. The number of hydrogen-bond donors (Lipinski definition) is 2. The highest BCUT2D eigenvalue weighted by Crippen LogP contribution is 2.20. The Labute approximate surface area is 133 Å². The van der Waals surface area contributed by atoms with Gasteiger partial charge in [0.05, 0.1) is 12.2 Å². The summed E-state index contributed by atoms with van der Waals surface area (Å²) in [5, 5.41) is 11.9. The standard InChI is InChI=1S/C14H11BrINO2/c15-10-4-5-13(16)12(7-10)14(19)17-11-3-1-2-9(6-11)8-18/h1-7,18H,8H2,(H,17,19). The average Bonchev–Trinajstić information content (AvgIpc) is 2.41. The smallest absolute Gasteiger partial charge is 0.256 e. The number of carbonyl (C=O) groups is 1. The van der Waals surface area contributed by atoms with Crippen molar-refractivity contribution in [1.29, 1.82) is 0 Å². The van der Waals surface area contributed by atoms with Gasteiger partial charge in [-0.2, -0.15) is 0 Å². The van der Waals surface area contributed by atoms with Crippen LogP contribution < -0.4 is 5.32 Å². The molecule has 1 amide bonds. The third-order valence-electron chi connectivity index (χ3n) is 2.54. The Morgan fingerprint density at radius 3 is 2.79 bits per heavy atom. The van der Waals surface area contributed by atoms with Crippen LogP contribution in [0.25, 0.3) is 0 Å². The van der Waals surface area contributed by atoms with Gasteiger partial charge in [0.15, 0.2) is 0 Å². The van der Waals surface area contributed by atoms with Crippen LogP contribution in [0.3, 0.4) is 0 Å². The van der Waals surface area contributed by atoms with Crippen LogP contribution in [0.15, 0.2) is 46.9 Å². The Balaban J connectivity index is 2.23. The predicted octanol–water partition coefficient (Wildman–Crippen LogP) is 3.80. The SMILES string of the molecule is O=C(Nc1cccc(CO)c1)c1cc(Br)ccc1I. The summed E-state index contributed by atoms with van der Waals surface area (Å²) in [5.41, 5.74) is 2.05. The van der Waals surface area contributed by atoms with E-state index in [0.29, 0.717) is 11.3 Å². The molecule has 0 unspecified atom stereocenters. The van der Waals surface area contributed by atoms with Gasteiger partial charge in [0.25, 0.3) is 5.91 Å². The number of hydrogen-bond acceptors (Lipinski definition) is 2. The molecule has 0 saturated heterocycles. The van der Waals surface area contributed by atoms with Crippen molar-refractivity contribution in [2.24, 2.45) is 0 Å². The quantitative estimate of drug-likeness (QED) is 0.726. The monoisotopic (exact) mass is 431 g/mol. The normalized spacial score (nSPS) is 10.3. The summed E-state index contributed by atoms with van der Waals surface area (Å²) in [6.07, 6.45) is 0. The number of carbonyl (C=O) groups excluding carboxylic acids is 1. The van der Waals surface area contributed by atoms with Crippen LogP contribution in [0.1, 0.15) is 15.9 Å². The average molecular weight is 432 g/mol. The lowest BCUT2D eigenvalue weighted by atomic mass is 10.2. The molecule has 0 radical (unpaired) electrons. The lowest BCUT2D eigenvalue weighted by molar-refractivity contribution is 0.102. The van der Waals surface area contributed by atoms with Crippen molar-refractivity contribution >= 4 is 50.1 Å². The molecular weight excluding hydrogens is 421 g/mol. The van der Waals surface area contributed by atoms with E-state index in [9.17, 15) is 4.79 Å². The number of anilines is 1. The summed E-state index contributed by atoms with van der Waals surface area (Å²) in [6, 6.07) is 12.7. The van der Waals surface area contributed by atoms with Crippen LogP contribution in [0.4, 0.5) is 5.69 Å². The minimum absolute atomic E-state index is 0.0435. The topological polar surface area (TPSA) is 49.3 Å². The van der Waals surface area contributed by atoms with Gasteiger partial charge in [0, 0.05) is 13.7 Å². The summed E-state index contributed by atoms with van der Waals surface area (Å²) < 4.78 is 1.75. The zero-order valence-corrected chi connectivity index (χ0v) is 13.6. The Hall–Kier alpha value is -0.920. The van der Waals surface area contributed by atoms with Crippen molar-refractivity contribution in [3.05, 3.63) is 61.6 Å². The molecule has 2 aromatic rings. The van der Waals surface area contributed by atoms with Gasteiger partial charge in [0.2, 0.25) is 0 Å². The summed E-state index contributed by atoms with van der Waals surface area (Å²) in [4.78, 5) is 12.2. The largest absolute Gasteiger partial charge is 0.392 e. The third-order valence-corrected chi connectivity index (χ3v) is 3.97. The second-order valence-corrected chi connectivity index (χ2v) is 6.01. The fraction of sp³-hybridized carbons (Fsp3) is 0.0714. The summed E-state index contributed by atoms with van der Waals surface area (Å²) in [5.74, 6) is -0.166. The minimum atomic E-state index is -0.166. The fourth-order valence-electron chi connectivity index (χ4n) is 1.62. The molecule has 3 nitrogen and oxygen atoms in total. The van der Waals surface area contributed by atoms with Crippen molar-refractivity contribution in [3.63, 3.8) is 0 Å². The molecule has 0 aromatic heterocycles. The molecule has 5 heteroatoms. The van der Waals surface area contributed by atoms with E-state index >= 15 is 0 Å². The van der Waals surface area contributed by atoms with E-state index < -0.39 is 0 Å². The highest BCUT2D eigenvalue weighted by molar-refractivity contribution is 14.1. The lowest BCUT2D eigenvalue weighted by Gasteiger charge is -2.08. The first-order chi connectivity index (χ1) is 9.10. The fourth-order valence-corrected chi connectivity index (χ4v) is 2.56. The van der Waals surface area contributed by atoms with E-state index in [-0.39, 0.29) is 12.5 Å². The number of nitrogens with one attached hydrogen (secondary N) is 1. The van der Waals surface area contributed by atoms with E-state index in [4.69, 9.17) is 5.11 Å².